The normalized spacial score (nSPS) is 14.8. The van der Waals surface area contributed by atoms with E-state index in [9.17, 15) is 0 Å². The molecule has 0 amide bonds. The van der Waals surface area contributed by atoms with Crippen molar-refractivity contribution in [2.24, 2.45) is 4.99 Å². The summed E-state index contributed by atoms with van der Waals surface area (Å²) in [5.41, 5.74) is 1.07. The zero-order valence-electron chi connectivity index (χ0n) is 10.9. The first-order valence-corrected chi connectivity index (χ1v) is 7.67. The number of para-hydroxylation sites is 1. The summed E-state index contributed by atoms with van der Waals surface area (Å²) in [7, 11) is 0. The molecule has 2 N–H and O–H groups in total. The van der Waals surface area contributed by atoms with Gasteiger partial charge in [0.2, 0.25) is 0 Å². The van der Waals surface area contributed by atoms with E-state index in [4.69, 9.17) is 0 Å². The van der Waals surface area contributed by atoms with Gasteiger partial charge in [-0.15, -0.1) is 11.8 Å². The molecule has 0 saturated carbocycles. The Kier molecular flexibility index (Phi) is 5.39. The van der Waals surface area contributed by atoms with E-state index in [1.165, 1.54) is 23.5 Å². The zero-order chi connectivity index (χ0) is 12.6. The van der Waals surface area contributed by atoms with Gasteiger partial charge in [0.25, 0.3) is 0 Å². The fourth-order valence-corrected chi connectivity index (χ4v) is 2.85. The molecule has 1 heterocycles. The van der Waals surface area contributed by atoms with Crippen LogP contribution in [-0.4, -0.2) is 24.8 Å². The van der Waals surface area contributed by atoms with Gasteiger partial charge in [0.15, 0.2) is 5.96 Å². The highest BCUT2D eigenvalue weighted by atomic mass is 32.2. The SMILES string of the molecule is CCCCSc1ccccc1N=C1NCCCN1. The monoisotopic (exact) mass is 263 g/mol. The summed E-state index contributed by atoms with van der Waals surface area (Å²) in [6.45, 7) is 4.25. The summed E-state index contributed by atoms with van der Waals surface area (Å²) in [5.74, 6) is 2.07. The maximum absolute atomic E-state index is 4.67. The van der Waals surface area contributed by atoms with Crippen molar-refractivity contribution < 1.29 is 0 Å². The minimum atomic E-state index is 0.907. The number of guanidine groups is 1. The molecule has 0 atom stereocenters. The molecule has 3 nitrogen and oxygen atoms in total. The van der Waals surface area contributed by atoms with E-state index in [0.717, 1.165) is 31.2 Å². The summed E-state index contributed by atoms with van der Waals surface area (Å²) in [6.07, 6.45) is 3.66. The molecule has 98 valence electrons. The molecule has 0 aliphatic carbocycles. The van der Waals surface area contributed by atoms with Crippen LogP contribution in [0.25, 0.3) is 0 Å². The molecule has 0 bridgehead atoms. The Morgan fingerprint density at radius 3 is 2.78 bits per heavy atom. The molecule has 1 aromatic rings. The third kappa shape index (κ3) is 3.95. The number of aliphatic imine (C=N–C) groups is 1. The van der Waals surface area contributed by atoms with Gasteiger partial charge in [-0.1, -0.05) is 25.5 Å². The molecule has 1 aliphatic rings. The molecule has 0 aromatic heterocycles. The topological polar surface area (TPSA) is 36.4 Å². The van der Waals surface area contributed by atoms with Crippen molar-refractivity contribution in [3.05, 3.63) is 24.3 Å². The van der Waals surface area contributed by atoms with Crippen LogP contribution in [0, 0.1) is 0 Å². The molecule has 1 aliphatic heterocycles. The highest BCUT2D eigenvalue weighted by Crippen LogP contribution is 2.29. The Bertz CT molecular complexity index is 396. The standard InChI is InChI=1S/C14H21N3S/c1-2-3-11-18-13-8-5-4-7-12(13)17-14-15-9-6-10-16-14/h4-5,7-8H,2-3,6,9-11H2,1H3,(H2,15,16,17). The highest BCUT2D eigenvalue weighted by molar-refractivity contribution is 7.99. The summed E-state index contributed by atoms with van der Waals surface area (Å²) in [6, 6.07) is 8.37. The van der Waals surface area contributed by atoms with E-state index in [-0.39, 0.29) is 0 Å². The van der Waals surface area contributed by atoms with Gasteiger partial charge in [-0.05, 0) is 30.7 Å². The van der Waals surface area contributed by atoms with Gasteiger partial charge in [0, 0.05) is 18.0 Å². The van der Waals surface area contributed by atoms with Gasteiger partial charge >= 0.3 is 0 Å². The average Bonchev–Trinajstić information content (AvgIpc) is 2.42. The van der Waals surface area contributed by atoms with Crippen LogP contribution in [0.4, 0.5) is 5.69 Å². The molecule has 0 radical (unpaired) electrons. The Morgan fingerprint density at radius 1 is 1.22 bits per heavy atom. The lowest BCUT2D eigenvalue weighted by Gasteiger charge is -2.18. The van der Waals surface area contributed by atoms with Crippen LogP contribution in [-0.2, 0) is 0 Å². The van der Waals surface area contributed by atoms with Gasteiger partial charge in [0.05, 0.1) is 5.69 Å². The summed E-state index contributed by atoms with van der Waals surface area (Å²) < 4.78 is 0. The van der Waals surface area contributed by atoms with Gasteiger partial charge in [-0.3, -0.25) is 0 Å². The number of unbranched alkanes of at least 4 members (excludes halogenated alkanes) is 1. The van der Waals surface area contributed by atoms with E-state index >= 15 is 0 Å². The molecule has 1 saturated heterocycles. The second kappa shape index (κ2) is 7.31. The predicted molar refractivity (Wildman–Crippen MR) is 79.8 cm³/mol. The lowest BCUT2D eigenvalue weighted by Crippen LogP contribution is -2.43. The number of nitrogens with zero attached hydrogens (tertiary/aromatic N) is 1. The van der Waals surface area contributed by atoms with E-state index in [2.05, 4.69) is 40.7 Å². The minimum absolute atomic E-state index is 0.907. The maximum Gasteiger partial charge on any atom is 0.196 e. The smallest absolute Gasteiger partial charge is 0.196 e. The largest absolute Gasteiger partial charge is 0.356 e. The average molecular weight is 263 g/mol. The lowest BCUT2D eigenvalue weighted by atomic mass is 10.3. The van der Waals surface area contributed by atoms with Gasteiger partial charge in [-0.25, -0.2) is 4.99 Å². The van der Waals surface area contributed by atoms with Crippen molar-refractivity contribution in [2.45, 2.75) is 31.1 Å². The number of nitrogens with one attached hydrogen (secondary N) is 2. The number of benzene rings is 1. The molecular formula is C14H21N3S. The van der Waals surface area contributed by atoms with Crippen molar-refractivity contribution in [2.75, 3.05) is 18.8 Å². The number of hydrogen-bond acceptors (Lipinski definition) is 2. The van der Waals surface area contributed by atoms with Crippen LogP contribution in [0.1, 0.15) is 26.2 Å². The third-order valence-corrected chi connectivity index (χ3v) is 3.94. The first-order valence-electron chi connectivity index (χ1n) is 6.68. The Hall–Kier alpha value is -1.16. The molecule has 0 unspecified atom stereocenters. The molecule has 2 rings (SSSR count). The Labute approximate surface area is 113 Å². The minimum Gasteiger partial charge on any atom is -0.356 e. The molecular weight excluding hydrogens is 242 g/mol. The van der Waals surface area contributed by atoms with E-state index in [1.54, 1.807) is 0 Å². The van der Waals surface area contributed by atoms with E-state index in [1.807, 2.05) is 17.8 Å². The number of thioether (sulfide) groups is 1. The quantitative estimate of drug-likeness (QED) is 0.633. The molecule has 18 heavy (non-hydrogen) atoms. The van der Waals surface area contributed by atoms with Crippen LogP contribution in [0.15, 0.2) is 34.2 Å². The van der Waals surface area contributed by atoms with Crippen molar-refractivity contribution in [1.82, 2.24) is 10.6 Å². The highest BCUT2D eigenvalue weighted by Gasteiger charge is 2.06. The van der Waals surface area contributed by atoms with Crippen molar-refractivity contribution in [1.29, 1.82) is 0 Å². The molecule has 4 heteroatoms. The van der Waals surface area contributed by atoms with Crippen LogP contribution in [0.2, 0.25) is 0 Å². The van der Waals surface area contributed by atoms with Crippen molar-refractivity contribution >= 4 is 23.4 Å². The van der Waals surface area contributed by atoms with Gasteiger partial charge in [0.1, 0.15) is 0 Å². The fraction of sp³-hybridized carbons (Fsp3) is 0.500. The molecule has 0 spiro atoms. The number of rotatable bonds is 5. The van der Waals surface area contributed by atoms with Crippen LogP contribution < -0.4 is 10.6 Å². The summed E-state index contributed by atoms with van der Waals surface area (Å²) >= 11 is 1.90. The van der Waals surface area contributed by atoms with Crippen LogP contribution in [0.5, 0.6) is 0 Å². The molecule has 1 aromatic carbocycles. The summed E-state index contributed by atoms with van der Waals surface area (Å²) in [5, 5.41) is 6.58. The summed E-state index contributed by atoms with van der Waals surface area (Å²) in [4.78, 5) is 5.94. The zero-order valence-corrected chi connectivity index (χ0v) is 11.7. The second-order valence-corrected chi connectivity index (χ2v) is 5.47. The third-order valence-electron chi connectivity index (χ3n) is 2.79. The Balaban J connectivity index is 2.06. The van der Waals surface area contributed by atoms with Crippen LogP contribution in [0.3, 0.4) is 0 Å². The first-order chi connectivity index (χ1) is 8.90. The van der Waals surface area contributed by atoms with Crippen molar-refractivity contribution in [3.63, 3.8) is 0 Å². The number of hydrogen-bond donors (Lipinski definition) is 2. The van der Waals surface area contributed by atoms with E-state index in [0.29, 0.717) is 0 Å². The lowest BCUT2D eigenvalue weighted by molar-refractivity contribution is 0.668. The van der Waals surface area contributed by atoms with Gasteiger partial charge < -0.3 is 10.6 Å². The molecule has 1 fully saturated rings. The van der Waals surface area contributed by atoms with Crippen molar-refractivity contribution in [3.8, 4) is 0 Å². The maximum atomic E-state index is 4.67. The van der Waals surface area contributed by atoms with E-state index < -0.39 is 0 Å². The Morgan fingerprint density at radius 2 is 2.00 bits per heavy atom. The first kappa shape index (κ1) is 13.3. The fourth-order valence-electron chi connectivity index (χ4n) is 1.76. The second-order valence-electron chi connectivity index (χ2n) is 4.34. The van der Waals surface area contributed by atoms with Gasteiger partial charge in [-0.2, -0.15) is 0 Å². The van der Waals surface area contributed by atoms with Crippen LogP contribution >= 0.6 is 11.8 Å². The predicted octanol–water partition coefficient (Wildman–Crippen LogP) is 3.15.